The Morgan fingerprint density at radius 1 is 1.13 bits per heavy atom. The minimum Gasteiger partial charge on any atom is -0.342 e. The van der Waals surface area contributed by atoms with E-state index in [0.29, 0.717) is 24.4 Å². The molecule has 7 heteroatoms. The number of fused-ring (bicyclic) bond motifs is 2. The molecule has 1 saturated carbocycles. The summed E-state index contributed by atoms with van der Waals surface area (Å²) >= 11 is 0. The number of likely N-dealkylation sites (tertiary alicyclic amines) is 1. The van der Waals surface area contributed by atoms with Crippen molar-refractivity contribution in [2.75, 3.05) is 19.6 Å². The van der Waals surface area contributed by atoms with Crippen LogP contribution in [0.1, 0.15) is 75.2 Å². The zero-order chi connectivity index (χ0) is 20.8. The lowest BCUT2D eigenvalue weighted by Gasteiger charge is -2.33. The second-order valence-electron chi connectivity index (χ2n) is 9.64. The van der Waals surface area contributed by atoms with Crippen LogP contribution in [-0.2, 0) is 17.8 Å². The van der Waals surface area contributed by atoms with E-state index in [9.17, 15) is 9.59 Å². The Kier molecular flexibility index (Phi) is 5.17. The van der Waals surface area contributed by atoms with E-state index in [2.05, 4.69) is 34.8 Å². The first kappa shape index (κ1) is 19.8. The van der Waals surface area contributed by atoms with Crippen LogP contribution in [0.25, 0.3) is 5.65 Å². The zero-order valence-electron chi connectivity index (χ0n) is 18.2. The lowest BCUT2D eigenvalue weighted by atomic mass is 9.92. The highest BCUT2D eigenvalue weighted by Gasteiger charge is 2.31. The Morgan fingerprint density at radius 3 is 2.57 bits per heavy atom. The average Bonchev–Trinajstić information content (AvgIpc) is 3.43. The summed E-state index contributed by atoms with van der Waals surface area (Å²) in [6.45, 7) is 7.61. The fraction of sp³-hybridized carbons (Fsp3) is 0.696. The SMILES string of the molecule is CC(C)N1CCc2nc3cc(C4CCN(C(=O)C5CCCC5)CC4)[nH]n3c(=O)c2C1. The number of nitrogens with one attached hydrogen (secondary N) is 1. The van der Waals surface area contributed by atoms with Crippen molar-refractivity contribution in [3.8, 4) is 0 Å². The van der Waals surface area contributed by atoms with E-state index in [-0.39, 0.29) is 11.5 Å². The number of piperidine rings is 1. The maximum Gasteiger partial charge on any atom is 0.277 e. The van der Waals surface area contributed by atoms with Gasteiger partial charge in [0, 0.05) is 62.2 Å². The van der Waals surface area contributed by atoms with Crippen LogP contribution in [-0.4, -0.2) is 56.0 Å². The Labute approximate surface area is 177 Å². The monoisotopic (exact) mass is 411 g/mol. The lowest BCUT2D eigenvalue weighted by molar-refractivity contribution is -0.136. The standard InChI is InChI=1S/C23H33N5O2/c1-15(2)27-12-9-19-18(14-27)23(30)28-21(24-19)13-20(25-28)16-7-10-26(11-8-16)22(29)17-5-3-4-6-17/h13,15-17,25H,3-12,14H2,1-2H3. The molecule has 1 N–H and O–H groups in total. The van der Waals surface area contributed by atoms with Gasteiger partial charge in [-0.2, -0.15) is 0 Å². The second-order valence-corrected chi connectivity index (χ2v) is 9.64. The number of aromatic nitrogens is 3. The second kappa shape index (κ2) is 7.84. The maximum absolute atomic E-state index is 13.1. The van der Waals surface area contributed by atoms with Crippen LogP contribution < -0.4 is 5.56 Å². The topological polar surface area (TPSA) is 73.7 Å². The molecule has 3 aliphatic rings. The summed E-state index contributed by atoms with van der Waals surface area (Å²) in [6, 6.07) is 2.48. The van der Waals surface area contributed by atoms with Gasteiger partial charge in [-0.25, -0.2) is 9.50 Å². The molecule has 0 bridgehead atoms. The highest BCUT2D eigenvalue weighted by Crippen LogP contribution is 2.31. The molecule has 0 aromatic carbocycles. The molecular weight excluding hydrogens is 378 g/mol. The maximum atomic E-state index is 13.1. The molecular formula is C23H33N5O2. The van der Waals surface area contributed by atoms with Crippen molar-refractivity contribution < 1.29 is 4.79 Å². The number of carbonyl (C=O) groups excluding carboxylic acids is 1. The number of amides is 1. The van der Waals surface area contributed by atoms with Gasteiger partial charge in [-0.3, -0.25) is 19.6 Å². The van der Waals surface area contributed by atoms with Crippen LogP contribution in [0.4, 0.5) is 0 Å². The van der Waals surface area contributed by atoms with E-state index in [4.69, 9.17) is 4.98 Å². The number of aromatic amines is 1. The van der Waals surface area contributed by atoms with Crippen LogP contribution in [0.15, 0.2) is 10.9 Å². The summed E-state index contributed by atoms with van der Waals surface area (Å²) in [7, 11) is 0. The smallest absolute Gasteiger partial charge is 0.277 e. The first-order valence-electron chi connectivity index (χ1n) is 11.7. The predicted molar refractivity (Wildman–Crippen MR) is 116 cm³/mol. The van der Waals surface area contributed by atoms with Crippen molar-refractivity contribution >= 4 is 11.6 Å². The summed E-state index contributed by atoms with van der Waals surface area (Å²) in [5, 5.41) is 3.35. The number of hydrogen-bond donors (Lipinski definition) is 1. The third kappa shape index (κ3) is 3.47. The van der Waals surface area contributed by atoms with E-state index in [0.717, 1.165) is 74.3 Å². The molecule has 1 aliphatic carbocycles. The van der Waals surface area contributed by atoms with Crippen LogP contribution in [0.2, 0.25) is 0 Å². The Hall–Kier alpha value is -2.15. The summed E-state index contributed by atoms with van der Waals surface area (Å²) in [4.78, 5) is 35.1. The number of hydrogen-bond acceptors (Lipinski definition) is 4. The normalized spacial score (nSPS) is 21.6. The summed E-state index contributed by atoms with van der Waals surface area (Å²) in [5.41, 5.74) is 3.64. The zero-order valence-corrected chi connectivity index (χ0v) is 18.2. The molecule has 0 radical (unpaired) electrons. The van der Waals surface area contributed by atoms with E-state index in [1.54, 1.807) is 4.52 Å². The molecule has 162 valence electrons. The molecule has 0 atom stereocenters. The Bertz CT molecular complexity index is 993. The van der Waals surface area contributed by atoms with Gasteiger partial charge in [0.2, 0.25) is 5.91 Å². The highest BCUT2D eigenvalue weighted by molar-refractivity contribution is 5.79. The van der Waals surface area contributed by atoms with Gasteiger partial charge in [-0.05, 0) is 39.5 Å². The third-order valence-electron chi connectivity index (χ3n) is 7.49. The molecule has 2 aromatic rings. The van der Waals surface area contributed by atoms with Crippen molar-refractivity contribution in [3.05, 3.63) is 33.4 Å². The van der Waals surface area contributed by atoms with Gasteiger partial charge in [-0.1, -0.05) is 12.8 Å². The molecule has 30 heavy (non-hydrogen) atoms. The third-order valence-corrected chi connectivity index (χ3v) is 7.49. The Morgan fingerprint density at radius 2 is 1.87 bits per heavy atom. The fourth-order valence-electron chi connectivity index (χ4n) is 5.51. The quantitative estimate of drug-likeness (QED) is 0.843. The van der Waals surface area contributed by atoms with E-state index >= 15 is 0 Å². The van der Waals surface area contributed by atoms with Crippen LogP contribution in [0.5, 0.6) is 0 Å². The van der Waals surface area contributed by atoms with Crippen molar-refractivity contribution in [1.29, 1.82) is 0 Å². The molecule has 4 heterocycles. The minimum atomic E-state index is 0.0421. The van der Waals surface area contributed by atoms with Gasteiger partial charge in [-0.15, -0.1) is 0 Å². The van der Waals surface area contributed by atoms with Crippen LogP contribution >= 0.6 is 0 Å². The number of carbonyl (C=O) groups is 1. The van der Waals surface area contributed by atoms with Crippen LogP contribution in [0.3, 0.4) is 0 Å². The van der Waals surface area contributed by atoms with Crippen molar-refractivity contribution in [2.45, 2.75) is 77.3 Å². The molecule has 1 saturated heterocycles. The largest absolute Gasteiger partial charge is 0.342 e. The molecule has 0 unspecified atom stereocenters. The first-order valence-corrected chi connectivity index (χ1v) is 11.7. The molecule has 5 rings (SSSR count). The molecule has 2 aliphatic heterocycles. The van der Waals surface area contributed by atoms with Gasteiger partial charge in [0.25, 0.3) is 5.56 Å². The number of rotatable bonds is 3. The van der Waals surface area contributed by atoms with E-state index in [1.165, 1.54) is 12.8 Å². The molecule has 2 aromatic heterocycles. The summed E-state index contributed by atoms with van der Waals surface area (Å²) in [5.74, 6) is 0.972. The molecule has 7 nitrogen and oxygen atoms in total. The van der Waals surface area contributed by atoms with Gasteiger partial charge in [0.15, 0.2) is 5.65 Å². The molecule has 1 amide bonds. The minimum absolute atomic E-state index is 0.0421. The highest BCUT2D eigenvalue weighted by atomic mass is 16.2. The predicted octanol–water partition coefficient (Wildman–Crippen LogP) is 2.69. The van der Waals surface area contributed by atoms with Crippen molar-refractivity contribution in [3.63, 3.8) is 0 Å². The van der Waals surface area contributed by atoms with Crippen molar-refractivity contribution in [2.24, 2.45) is 5.92 Å². The van der Waals surface area contributed by atoms with E-state index < -0.39 is 0 Å². The van der Waals surface area contributed by atoms with E-state index in [1.807, 2.05) is 0 Å². The molecule has 2 fully saturated rings. The number of H-pyrrole nitrogens is 1. The van der Waals surface area contributed by atoms with Gasteiger partial charge < -0.3 is 4.90 Å². The molecule has 0 spiro atoms. The van der Waals surface area contributed by atoms with Gasteiger partial charge >= 0.3 is 0 Å². The fourth-order valence-corrected chi connectivity index (χ4v) is 5.51. The van der Waals surface area contributed by atoms with Crippen molar-refractivity contribution in [1.82, 2.24) is 24.4 Å². The summed E-state index contributed by atoms with van der Waals surface area (Å²) in [6.07, 6.45) is 7.25. The van der Waals surface area contributed by atoms with Crippen LogP contribution in [0, 0.1) is 5.92 Å². The van der Waals surface area contributed by atoms with Gasteiger partial charge in [0.1, 0.15) is 0 Å². The average molecular weight is 412 g/mol. The number of nitrogens with zero attached hydrogens (tertiary/aromatic N) is 4. The van der Waals surface area contributed by atoms with Gasteiger partial charge in [0.05, 0.1) is 11.3 Å². The first-order chi connectivity index (χ1) is 14.5. The Balaban J connectivity index is 1.33. The lowest BCUT2D eigenvalue weighted by Crippen LogP contribution is -2.41. The summed E-state index contributed by atoms with van der Waals surface area (Å²) < 4.78 is 1.63.